The lowest BCUT2D eigenvalue weighted by molar-refractivity contribution is 0.291. The molecule has 0 atom stereocenters. The molecule has 16 heavy (non-hydrogen) atoms. The number of benzene rings is 1. The van der Waals surface area contributed by atoms with Crippen molar-refractivity contribution in [1.29, 1.82) is 0 Å². The van der Waals surface area contributed by atoms with Crippen LogP contribution in [0.1, 0.15) is 20.3 Å². The quantitative estimate of drug-likeness (QED) is 0.828. The molecule has 3 nitrogen and oxygen atoms in total. The van der Waals surface area contributed by atoms with Crippen LogP contribution in [0.15, 0.2) is 17.6 Å². The van der Waals surface area contributed by atoms with Gasteiger partial charge in [-0.2, -0.15) is 0 Å². The van der Waals surface area contributed by atoms with Crippen molar-refractivity contribution in [3.63, 3.8) is 0 Å². The molecule has 4 heteroatoms. The number of nitrogen functional groups attached to an aromatic ring is 1. The summed E-state index contributed by atoms with van der Waals surface area (Å²) in [6, 6.07) is 3.93. The SMILES string of the molecule is CC(C)CCOc1ccc2scnc2c1N. The molecule has 2 aromatic rings. The van der Waals surface area contributed by atoms with E-state index in [1.807, 2.05) is 12.1 Å². The Kier molecular flexibility index (Phi) is 3.29. The molecule has 0 saturated carbocycles. The molecular weight excluding hydrogens is 220 g/mol. The summed E-state index contributed by atoms with van der Waals surface area (Å²) in [7, 11) is 0. The van der Waals surface area contributed by atoms with Gasteiger partial charge < -0.3 is 10.5 Å². The minimum atomic E-state index is 0.643. The smallest absolute Gasteiger partial charge is 0.144 e. The Hall–Kier alpha value is -1.29. The highest BCUT2D eigenvalue weighted by atomic mass is 32.1. The van der Waals surface area contributed by atoms with Crippen molar-refractivity contribution in [2.45, 2.75) is 20.3 Å². The number of hydrogen-bond donors (Lipinski definition) is 1. The van der Waals surface area contributed by atoms with Crippen LogP contribution in [0.5, 0.6) is 5.75 Å². The zero-order valence-electron chi connectivity index (χ0n) is 9.56. The molecule has 0 spiro atoms. The van der Waals surface area contributed by atoms with E-state index in [2.05, 4.69) is 18.8 Å². The summed E-state index contributed by atoms with van der Waals surface area (Å²) in [5.41, 5.74) is 9.31. The number of ether oxygens (including phenoxy) is 1. The number of fused-ring (bicyclic) bond motifs is 1. The molecule has 1 aromatic heterocycles. The lowest BCUT2D eigenvalue weighted by atomic mass is 10.1. The molecule has 2 N–H and O–H groups in total. The first-order valence-electron chi connectivity index (χ1n) is 5.43. The van der Waals surface area contributed by atoms with E-state index in [0.717, 1.165) is 22.4 Å². The van der Waals surface area contributed by atoms with Gasteiger partial charge >= 0.3 is 0 Å². The summed E-state index contributed by atoms with van der Waals surface area (Å²) >= 11 is 1.59. The van der Waals surface area contributed by atoms with Crippen molar-refractivity contribution in [3.05, 3.63) is 17.6 Å². The molecule has 1 aromatic carbocycles. The van der Waals surface area contributed by atoms with Crippen molar-refractivity contribution < 1.29 is 4.74 Å². The van der Waals surface area contributed by atoms with Crippen molar-refractivity contribution in [2.75, 3.05) is 12.3 Å². The molecule has 0 amide bonds. The van der Waals surface area contributed by atoms with Crippen LogP contribution in [0.25, 0.3) is 10.2 Å². The number of hydrogen-bond acceptors (Lipinski definition) is 4. The van der Waals surface area contributed by atoms with E-state index in [1.165, 1.54) is 0 Å². The third-order valence-electron chi connectivity index (χ3n) is 2.45. The van der Waals surface area contributed by atoms with E-state index in [4.69, 9.17) is 10.5 Å². The molecule has 0 bridgehead atoms. The first-order chi connectivity index (χ1) is 7.68. The van der Waals surface area contributed by atoms with Gasteiger partial charge in [-0.05, 0) is 24.5 Å². The zero-order valence-corrected chi connectivity index (χ0v) is 10.4. The molecule has 0 aliphatic heterocycles. The van der Waals surface area contributed by atoms with Crippen molar-refractivity contribution in [2.24, 2.45) is 5.92 Å². The van der Waals surface area contributed by atoms with Gasteiger partial charge in [0.2, 0.25) is 0 Å². The van der Waals surface area contributed by atoms with Gasteiger partial charge in [-0.15, -0.1) is 11.3 Å². The van der Waals surface area contributed by atoms with Crippen LogP contribution >= 0.6 is 11.3 Å². The fraction of sp³-hybridized carbons (Fsp3) is 0.417. The molecule has 0 fully saturated rings. The maximum absolute atomic E-state index is 6.00. The van der Waals surface area contributed by atoms with E-state index in [9.17, 15) is 0 Å². The third kappa shape index (κ3) is 2.27. The molecule has 0 unspecified atom stereocenters. The van der Waals surface area contributed by atoms with Gasteiger partial charge in [-0.25, -0.2) is 4.98 Å². The molecule has 0 aliphatic carbocycles. The van der Waals surface area contributed by atoms with E-state index < -0.39 is 0 Å². The standard InChI is InChI=1S/C12H16N2OS/c1-8(2)5-6-15-9-3-4-10-12(11(9)13)14-7-16-10/h3-4,7-8H,5-6,13H2,1-2H3. The van der Waals surface area contributed by atoms with Crippen LogP contribution in [0.2, 0.25) is 0 Å². The van der Waals surface area contributed by atoms with E-state index >= 15 is 0 Å². The first kappa shape index (κ1) is 11.2. The number of rotatable bonds is 4. The lowest BCUT2D eigenvalue weighted by Gasteiger charge is -2.10. The predicted molar refractivity (Wildman–Crippen MR) is 69.0 cm³/mol. The van der Waals surface area contributed by atoms with Crippen LogP contribution in [0.4, 0.5) is 5.69 Å². The van der Waals surface area contributed by atoms with Gasteiger partial charge in [0.15, 0.2) is 0 Å². The van der Waals surface area contributed by atoms with Crippen LogP contribution in [-0.4, -0.2) is 11.6 Å². The third-order valence-corrected chi connectivity index (χ3v) is 3.25. The summed E-state index contributed by atoms with van der Waals surface area (Å²) in [6.07, 6.45) is 1.04. The van der Waals surface area contributed by atoms with Gasteiger partial charge in [0, 0.05) is 0 Å². The maximum Gasteiger partial charge on any atom is 0.144 e. The van der Waals surface area contributed by atoms with Gasteiger partial charge in [0.05, 0.1) is 16.8 Å². The Labute approximate surface area is 99.3 Å². The summed E-state index contributed by atoms with van der Waals surface area (Å²) in [6.45, 7) is 5.06. The summed E-state index contributed by atoms with van der Waals surface area (Å²) in [5.74, 6) is 1.39. The fourth-order valence-electron chi connectivity index (χ4n) is 1.46. The molecule has 2 rings (SSSR count). The second-order valence-electron chi connectivity index (χ2n) is 4.21. The average Bonchev–Trinajstić information content (AvgIpc) is 2.69. The Morgan fingerprint density at radius 3 is 3.00 bits per heavy atom. The minimum Gasteiger partial charge on any atom is -0.491 e. The highest BCUT2D eigenvalue weighted by Gasteiger charge is 2.07. The number of anilines is 1. The van der Waals surface area contributed by atoms with E-state index in [1.54, 1.807) is 16.8 Å². The number of nitrogens with two attached hydrogens (primary N) is 1. The topological polar surface area (TPSA) is 48.1 Å². The average molecular weight is 236 g/mol. The van der Waals surface area contributed by atoms with Crippen LogP contribution in [-0.2, 0) is 0 Å². The second kappa shape index (κ2) is 4.70. The normalized spacial score (nSPS) is 11.2. The predicted octanol–water partition coefficient (Wildman–Crippen LogP) is 3.30. The van der Waals surface area contributed by atoms with Gasteiger partial charge in [-0.3, -0.25) is 0 Å². The first-order valence-corrected chi connectivity index (χ1v) is 6.31. The highest BCUT2D eigenvalue weighted by Crippen LogP contribution is 2.31. The number of nitrogens with zero attached hydrogens (tertiary/aromatic N) is 1. The molecule has 0 aliphatic rings. The Balaban J connectivity index is 2.15. The highest BCUT2D eigenvalue weighted by molar-refractivity contribution is 7.16. The maximum atomic E-state index is 6.00. The molecule has 0 saturated heterocycles. The second-order valence-corrected chi connectivity index (χ2v) is 5.09. The molecule has 0 radical (unpaired) electrons. The molecule has 86 valence electrons. The van der Waals surface area contributed by atoms with E-state index in [-0.39, 0.29) is 0 Å². The Morgan fingerprint density at radius 2 is 2.25 bits per heavy atom. The summed E-state index contributed by atoms with van der Waals surface area (Å²) in [5, 5.41) is 0. The Bertz CT molecular complexity index is 479. The summed E-state index contributed by atoms with van der Waals surface area (Å²) < 4.78 is 6.77. The van der Waals surface area contributed by atoms with Gasteiger partial charge in [0.25, 0.3) is 0 Å². The number of aromatic nitrogens is 1. The molecule has 1 heterocycles. The monoisotopic (exact) mass is 236 g/mol. The van der Waals surface area contributed by atoms with Gasteiger partial charge in [0.1, 0.15) is 17.0 Å². The summed E-state index contributed by atoms with van der Waals surface area (Å²) in [4.78, 5) is 4.24. The van der Waals surface area contributed by atoms with E-state index in [0.29, 0.717) is 18.2 Å². The zero-order chi connectivity index (χ0) is 11.5. The Morgan fingerprint density at radius 1 is 1.44 bits per heavy atom. The van der Waals surface area contributed by atoms with Crippen LogP contribution in [0, 0.1) is 5.92 Å². The van der Waals surface area contributed by atoms with Crippen molar-refractivity contribution in [3.8, 4) is 5.75 Å². The largest absolute Gasteiger partial charge is 0.491 e. The minimum absolute atomic E-state index is 0.643. The van der Waals surface area contributed by atoms with Crippen molar-refractivity contribution in [1.82, 2.24) is 4.98 Å². The lowest BCUT2D eigenvalue weighted by Crippen LogP contribution is -2.03. The van der Waals surface area contributed by atoms with Crippen LogP contribution in [0.3, 0.4) is 0 Å². The van der Waals surface area contributed by atoms with Crippen LogP contribution < -0.4 is 10.5 Å². The number of thiazole rings is 1. The van der Waals surface area contributed by atoms with Gasteiger partial charge in [-0.1, -0.05) is 13.8 Å². The van der Waals surface area contributed by atoms with Crippen molar-refractivity contribution >= 4 is 27.2 Å². The molecular formula is C12H16N2OS. The fourth-order valence-corrected chi connectivity index (χ4v) is 2.16.